The first-order chi connectivity index (χ1) is 5.88. The number of halogens is 3. The Balaban J connectivity index is 3.34. The molecule has 0 bridgehead atoms. The predicted octanol–water partition coefficient (Wildman–Crippen LogP) is 1.24. The van der Waals surface area contributed by atoms with E-state index in [9.17, 15) is 13.2 Å². The molecule has 0 unspecified atom stereocenters. The molecule has 1 aromatic rings. The van der Waals surface area contributed by atoms with E-state index in [1.807, 2.05) is 0 Å². The Hall–Kier alpha value is -1.04. The Morgan fingerprint density at radius 1 is 1.46 bits per heavy atom. The van der Waals surface area contributed by atoms with Crippen molar-refractivity contribution in [3.63, 3.8) is 0 Å². The first kappa shape index (κ1) is 10.0. The van der Waals surface area contributed by atoms with Gasteiger partial charge in [0.15, 0.2) is 0 Å². The fraction of sp³-hybridized carbons (Fsp3) is 0.571. The van der Waals surface area contributed by atoms with Crippen LogP contribution >= 0.6 is 0 Å². The van der Waals surface area contributed by atoms with Crippen molar-refractivity contribution in [1.82, 2.24) is 9.78 Å². The second kappa shape index (κ2) is 3.02. The van der Waals surface area contributed by atoms with Crippen LogP contribution in [0.3, 0.4) is 0 Å². The maximum atomic E-state index is 12.3. The number of nitrogens with zero attached hydrogens (tertiary/aromatic N) is 2. The lowest BCUT2D eigenvalue weighted by Crippen LogP contribution is -2.14. The molecule has 3 nitrogen and oxygen atoms in total. The summed E-state index contributed by atoms with van der Waals surface area (Å²) in [5, 5.41) is 12.3. The Bertz CT molecular complexity index is 316. The molecule has 0 saturated carbocycles. The lowest BCUT2D eigenvalue weighted by Gasteiger charge is -2.08. The van der Waals surface area contributed by atoms with Crippen LogP contribution < -0.4 is 0 Å². The van der Waals surface area contributed by atoms with Gasteiger partial charge >= 0.3 is 6.18 Å². The van der Waals surface area contributed by atoms with Gasteiger partial charge in [-0.1, -0.05) is 0 Å². The first-order valence-electron chi connectivity index (χ1n) is 3.58. The molecular formula is C7H9F3N2O. The Kier molecular flexibility index (Phi) is 2.34. The number of aliphatic hydroxyl groups excluding tert-OH is 1. The van der Waals surface area contributed by atoms with Crippen molar-refractivity contribution in [3.05, 3.63) is 17.0 Å². The summed E-state index contributed by atoms with van der Waals surface area (Å²) in [6, 6.07) is 0. The van der Waals surface area contributed by atoms with E-state index in [0.717, 1.165) is 4.68 Å². The van der Waals surface area contributed by atoms with Crippen molar-refractivity contribution < 1.29 is 18.3 Å². The van der Waals surface area contributed by atoms with E-state index in [-0.39, 0.29) is 11.3 Å². The number of aliphatic hydroxyl groups is 1. The maximum absolute atomic E-state index is 12.3. The van der Waals surface area contributed by atoms with Crippen LogP contribution in [0.25, 0.3) is 0 Å². The van der Waals surface area contributed by atoms with Gasteiger partial charge in [-0.15, -0.1) is 0 Å². The van der Waals surface area contributed by atoms with E-state index in [4.69, 9.17) is 5.11 Å². The highest BCUT2D eigenvalue weighted by atomic mass is 19.4. The van der Waals surface area contributed by atoms with Gasteiger partial charge in [0.2, 0.25) is 0 Å². The fourth-order valence-corrected chi connectivity index (χ4v) is 1.25. The summed E-state index contributed by atoms with van der Waals surface area (Å²) in [6.07, 6.45) is -4.46. The highest BCUT2D eigenvalue weighted by Crippen LogP contribution is 2.32. The topological polar surface area (TPSA) is 38.0 Å². The van der Waals surface area contributed by atoms with Gasteiger partial charge in [-0.3, -0.25) is 4.68 Å². The highest BCUT2D eigenvalue weighted by molar-refractivity contribution is 5.26. The van der Waals surface area contributed by atoms with Gasteiger partial charge in [-0.25, -0.2) is 0 Å². The molecule has 0 aliphatic heterocycles. The molecule has 13 heavy (non-hydrogen) atoms. The lowest BCUT2D eigenvalue weighted by atomic mass is 10.2. The molecule has 0 spiro atoms. The summed E-state index contributed by atoms with van der Waals surface area (Å²) in [6.45, 7) is 0.787. The monoisotopic (exact) mass is 194 g/mol. The Morgan fingerprint density at radius 3 is 2.31 bits per heavy atom. The third kappa shape index (κ3) is 1.67. The lowest BCUT2D eigenvalue weighted by molar-refractivity contribution is -0.144. The number of rotatable bonds is 1. The van der Waals surface area contributed by atoms with Crippen LogP contribution in [0.15, 0.2) is 0 Å². The molecule has 1 rings (SSSR count). The minimum absolute atomic E-state index is 0.157. The molecule has 0 saturated heterocycles. The molecule has 6 heteroatoms. The number of alkyl halides is 3. The van der Waals surface area contributed by atoms with E-state index in [1.54, 1.807) is 0 Å². The molecule has 0 aromatic carbocycles. The summed E-state index contributed by atoms with van der Waals surface area (Å²) in [5.41, 5.74) is -0.833. The first-order valence-corrected chi connectivity index (χ1v) is 3.58. The van der Waals surface area contributed by atoms with Crippen LogP contribution in [0.5, 0.6) is 0 Å². The number of hydrogen-bond donors (Lipinski definition) is 1. The van der Waals surface area contributed by atoms with Crippen LogP contribution in [0.2, 0.25) is 0 Å². The van der Waals surface area contributed by atoms with Crippen molar-refractivity contribution in [2.24, 2.45) is 7.05 Å². The molecule has 1 aromatic heterocycles. The zero-order valence-corrected chi connectivity index (χ0v) is 7.18. The molecule has 0 amide bonds. The van der Waals surface area contributed by atoms with Crippen LogP contribution in [0.1, 0.15) is 17.0 Å². The van der Waals surface area contributed by atoms with Crippen molar-refractivity contribution in [2.75, 3.05) is 0 Å². The molecule has 1 N–H and O–H groups in total. The molecule has 0 radical (unpaired) electrons. The van der Waals surface area contributed by atoms with Gasteiger partial charge in [0.25, 0.3) is 0 Å². The summed E-state index contributed by atoms with van der Waals surface area (Å²) in [4.78, 5) is 0. The average Bonchev–Trinajstić information content (AvgIpc) is 2.23. The summed E-state index contributed by atoms with van der Waals surface area (Å²) in [5.74, 6) is 0. The van der Waals surface area contributed by atoms with Crippen molar-refractivity contribution in [1.29, 1.82) is 0 Å². The van der Waals surface area contributed by atoms with E-state index in [1.165, 1.54) is 14.0 Å². The number of aryl methyl sites for hydroxylation is 2. The summed E-state index contributed by atoms with van der Waals surface area (Å²) < 4.78 is 37.7. The van der Waals surface area contributed by atoms with Gasteiger partial charge in [0.05, 0.1) is 12.3 Å². The minimum atomic E-state index is -4.46. The zero-order valence-electron chi connectivity index (χ0n) is 7.18. The van der Waals surface area contributed by atoms with E-state index >= 15 is 0 Å². The molecule has 0 aliphatic carbocycles. The highest BCUT2D eigenvalue weighted by Gasteiger charge is 2.38. The van der Waals surface area contributed by atoms with Crippen molar-refractivity contribution in [3.8, 4) is 0 Å². The molecular weight excluding hydrogens is 185 g/mol. The van der Waals surface area contributed by atoms with Crippen LogP contribution in [0.4, 0.5) is 13.2 Å². The van der Waals surface area contributed by atoms with Crippen LogP contribution in [-0.2, 0) is 19.8 Å². The van der Waals surface area contributed by atoms with E-state index < -0.39 is 18.5 Å². The quantitative estimate of drug-likeness (QED) is 0.730. The predicted molar refractivity (Wildman–Crippen MR) is 38.9 cm³/mol. The van der Waals surface area contributed by atoms with Crippen molar-refractivity contribution >= 4 is 0 Å². The average molecular weight is 194 g/mol. The fourth-order valence-electron chi connectivity index (χ4n) is 1.25. The molecule has 74 valence electrons. The maximum Gasteiger partial charge on any atom is 0.433 e. The molecule has 0 aliphatic rings. The van der Waals surface area contributed by atoms with Gasteiger partial charge < -0.3 is 5.11 Å². The second-order valence-electron chi connectivity index (χ2n) is 2.69. The molecule has 0 atom stereocenters. The summed E-state index contributed by atoms with van der Waals surface area (Å²) >= 11 is 0. The third-order valence-corrected chi connectivity index (χ3v) is 1.77. The SMILES string of the molecule is Cc1nn(C)c(C(F)(F)F)c1CO. The van der Waals surface area contributed by atoms with Gasteiger partial charge in [-0.2, -0.15) is 18.3 Å². The third-order valence-electron chi connectivity index (χ3n) is 1.77. The largest absolute Gasteiger partial charge is 0.433 e. The van der Waals surface area contributed by atoms with E-state index in [2.05, 4.69) is 5.10 Å². The standard InChI is InChI=1S/C7H9F3N2O/c1-4-5(3-13)6(7(8,9)10)12(2)11-4/h13H,3H2,1-2H3. The Labute approximate surface area is 72.8 Å². The normalized spacial score (nSPS) is 12.2. The second-order valence-corrected chi connectivity index (χ2v) is 2.69. The van der Waals surface area contributed by atoms with Crippen LogP contribution in [0, 0.1) is 6.92 Å². The van der Waals surface area contributed by atoms with Gasteiger partial charge in [0.1, 0.15) is 5.69 Å². The number of hydrogen-bond acceptors (Lipinski definition) is 2. The van der Waals surface area contributed by atoms with Gasteiger partial charge in [-0.05, 0) is 6.92 Å². The molecule has 0 fully saturated rings. The van der Waals surface area contributed by atoms with Crippen LogP contribution in [-0.4, -0.2) is 14.9 Å². The van der Waals surface area contributed by atoms with E-state index in [0.29, 0.717) is 0 Å². The minimum Gasteiger partial charge on any atom is -0.392 e. The summed E-state index contributed by atoms with van der Waals surface area (Å²) in [7, 11) is 1.20. The van der Waals surface area contributed by atoms with Crippen molar-refractivity contribution in [2.45, 2.75) is 19.7 Å². The smallest absolute Gasteiger partial charge is 0.392 e. The zero-order chi connectivity index (χ0) is 10.2. The Morgan fingerprint density at radius 2 is 2.00 bits per heavy atom. The number of aromatic nitrogens is 2. The molecule has 1 heterocycles. The van der Waals surface area contributed by atoms with Gasteiger partial charge in [0, 0.05) is 12.6 Å².